The number of hydrogen-bond acceptors (Lipinski definition) is 6. The van der Waals surface area contributed by atoms with Gasteiger partial charge in [0, 0.05) is 18.2 Å². The summed E-state index contributed by atoms with van der Waals surface area (Å²) in [7, 11) is -4.63. The van der Waals surface area contributed by atoms with Crippen LogP contribution in [0.3, 0.4) is 0 Å². The maximum Gasteiger partial charge on any atom is 0.446 e. The van der Waals surface area contributed by atoms with Gasteiger partial charge in [0.15, 0.2) is 5.75 Å². The van der Waals surface area contributed by atoms with Crippen molar-refractivity contribution in [2.45, 2.75) is 0 Å². The molecule has 0 aliphatic heterocycles. The normalized spacial score (nSPS) is 10.4. The first-order chi connectivity index (χ1) is 5.87. The highest BCUT2D eigenvalue weighted by Gasteiger charge is 2.08. The lowest BCUT2D eigenvalue weighted by atomic mass is 10.3. The summed E-state index contributed by atoms with van der Waals surface area (Å²) in [6.07, 6.45) is 0. The van der Waals surface area contributed by atoms with Gasteiger partial charge in [-0.25, -0.2) is 0 Å². The topological polar surface area (TPSA) is 139 Å². The zero-order chi connectivity index (χ0) is 10.1. The number of phenols is 2. The van der Waals surface area contributed by atoms with Crippen molar-refractivity contribution in [3.63, 3.8) is 0 Å². The quantitative estimate of drug-likeness (QED) is 0.533. The van der Waals surface area contributed by atoms with Crippen molar-refractivity contribution in [2.24, 2.45) is 0 Å². The summed E-state index contributed by atoms with van der Waals surface area (Å²) in [6.45, 7) is 0. The van der Waals surface area contributed by atoms with Crippen LogP contribution in [0.25, 0.3) is 0 Å². The number of hydrogen-bond donors (Lipinski definition) is 4. The molecule has 0 atom stereocenters. The van der Waals surface area contributed by atoms with Gasteiger partial charge in [-0.3, -0.25) is 4.55 Å². The van der Waals surface area contributed by atoms with Gasteiger partial charge in [0.1, 0.15) is 11.5 Å². The Balaban J connectivity index is 0.00000169. The minimum atomic E-state index is -4.63. The van der Waals surface area contributed by atoms with Crippen LogP contribution in [0.4, 0.5) is 0 Å². The fraction of sp³-hybridized carbons (Fsp3) is 0. The molecule has 0 spiro atoms. The molecule has 80 valence electrons. The molecule has 0 unspecified atom stereocenters. The highest BCUT2D eigenvalue weighted by molar-refractivity contribution is 7.81. The van der Waals surface area contributed by atoms with Crippen LogP contribution in [0.2, 0.25) is 0 Å². The molecule has 0 aliphatic rings. The van der Waals surface area contributed by atoms with Gasteiger partial charge < -0.3 is 20.5 Å². The van der Waals surface area contributed by atoms with Gasteiger partial charge >= 0.3 is 10.4 Å². The second-order valence-electron chi connectivity index (χ2n) is 2.20. The van der Waals surface area contributed by atoms with E-state index in [-0.39, 0.29) is 23.4 Å². The molecular formula is C6H9NO6S. The Kier molecular flexibility index (Phi) is 3.69. The molecule has 0 fully saturated rings. The lowest BCUT2D eigenvalue weighted by molar-refractivity contribution is 0.383. The molecule has 0 heterocycles. The molecule has 0 aromatic heterocycles. The van der Waals surface area contributed by atoms with Crippen molar-refractivity contribution in [3.05, 3.63) is 18.2 Å². The van der Waals surface area contributed by atoms with Gasteiger partial charge in [0.05, 0.1) is 0 Å². The number of benzene rings is 1. The van der Waals surface area contributed by atoms with Crippen LogP contribution in [0.15, 0.2) is 18.2 Å². The highest BCUT2D eigenvalue weighted by atomic mass is 32.3. The molecule has 0 amide bonds. The number of phenolic OH excluding ortho intramolecular Hbond substituents is 2. The lowest BCUT2D eigenvalue weighted by Gasteiger charge is -2.02. The van der Waals surface area contributed by atoms with Crippen molar-refractivity contribution >= 4 is 10.4 Å². The Morgan fingerprint density at radius 1 is 1.07 bits per heavy atom. The van der Waals surface area contributed by atoms with Crippen LogP contribution in [-0.4, -0.2) is 23.2 Å². The van der Waals surface area contributed by atoms with Crippen molar-refractivity contribution in [1.29, 1.82) is 0 Å². The van der Waals surface area contributed by atoms with Gasteiger partial charge in [-0.2, -0.15) is 8.42 Å². The van der Waals surface area contributed by atoms with E-state index in [4.69, 9.17) is 14.8 Å². The van der Waals surface area contributed by atoms with E-state index in [9.17, 15) is 8.42 Å². The molecule has 8 heteroatoms. The van der Waals surface area contributed by atoms with Gasteiger partial charge in [0.25, 0.3) is 0 Å². The van der Waals surface area contributed by atoms with Crippen molar-refractivity contribution < 1.29 is 27.4 Å². The summed E-state index contributed by atoms with van der Waals surface area (Å²) in [6, 6.07) is 2.83. The minimum Gasteiger partial charge on any atom is -0.508 e. The van der Waals surface area contributed by atoms with E-state index in [2.05, 4.69) is 4.18 Å². The van der Waals surface area contributed by atoms with Crippen LogP contribution in [-0.2, 0) is 10.4 Å². The number of aromatic hydroxyl groups is 2. The van der Waals surface area contributed by atoms with E-state index in [0.717, 1.165) is 18.2 Å². The molecule has 1 aromatic carbocycles. The highest BCUT2D eigenvalue weighted by Crippen LogP contribution is 2.26. The van der Waals surface area contributed by atoms with Crippen LogP contribution in [0.1, 0.15) is 0 Å². The van der Waals surface area contributed by atoms with E-state index in [1.165, 1.54) is 0 Å². The summed E-state index contributed by atoms with van der Waals surface area (Å²) in [5.74, 6) is -1.13. The number of rotatable bonds is 2. The predicted octanol–water partition coefficient (Wildman–Crippen LogP) is 0.441. The van der Waals surface area contributed by atoms with E-state index < -0.39 is 10.4 Å². The average molecular weight is 223 g/mol. The second kappa shape index (κ2) is 4.13. The monoisotopic (exact) mass is 223 g/mol. The molecule has 0 aliphatic carbocycles. The molecule has 14 heavy (non-hydrogen) atoms. The van der Waals surface area contributed by atoms with Crippen molar-refractivity contribution in [3.8, 4) is 17.2 Å². The van der Waals surface area contributed by atoms with Gasteiger partial charge in [0.2, 0.25) is 0 Å². The van der Waals surface area contributed by atoms with E-state index in [0.29, 0.717) is 0 Å². The van der Waals surface area contributed by atoms with E-state index >= 15 is 0 Å². The summed E-state index contributed by atoms with van der Waals surface area (Å²) in [5, 5.41) is 17.7. The zero-order valence-electron chi connectivity index (χ0n) is 6.91. The Hall–Kier alpha value is -1.51. The SMILES string of the molecule is N.O=S(=O)(O)Oc1cc(O)cc(O)c1. The average Bonchev–Trinajstić information content (AvgIpc) is 1.78. The van der Waals surface area contributed by atoms with Gasteiger partial charge in [-0.15, -0.1) is 0 Å². The first-order valence-corrected chi connectivity index (χ1v) is 4.43. The van der Waals surface area contributed by atoms with Crippen LogP contribution in [0.5, 0.6) is 17.2 Å². The molecule has 0 radical (unpaired) electrons. The smallest absolute Gasteiger partial charge is 0.446 e. The largest absolute Gasteiger partial charge is 0.508 e. The second-order valence-corrected chi connectivity index (χ2v) is 3.22. The third-order valence-corrected chi connectivity index (χ3v) is 1.48. The molecule has 1 rings (SSSR count). The maximum absolute atomic E-state index is 10.2. The maximum atomic E-state index is 10.2. The van der Waals surface area contributed by atoms with Gasteiger partial charge in [-0.05, 0) is 0 Å². The fourth-order valence-electron chi connectivity index (χ4n) is 0.738. The minimum absolute atomic E-state index is 0. The Bertz CT molecular complexity index is 394. The molecular weight excluding hydrogens is 214 g/mol. The molecule has 7 nitrogen and oxygen atoms in total. The summed E-state index contributed by atoms with van der Waals surface area (Å²) in [5.41, 5.74) is 0. The molecule has 6 N–H and O–H groups in total. The summed E-state index contributed by atoms with van der Waals surface area (Å²) < 4.78 is 32.6. The first-order valence-electron chi connectivity index (χ1n) is 3.07. The molecule has 1 aromatic rings. The van der Waals surface area contributed by atoms with Crippen LogP contribution < -0.4 is 10.3 Å². The van der Waals surface area contributed by atoms with Crippen LogP contribution >= 0.6 is 0 Å². The third-order valence-electron chi connectivity index (χ3n) is 1.08. The van der Waals surface area contributed by atoms with E-state index in [1.54, 1.807) is 0 Å². The lowest BCUT2D eigenvalue weighted by Crippen LogP contribution is -2.06. The fourth-order valence-corrected chi connectivity index (χ4v) is 1.08. The molecule has 0 saturated carbocycles. The van der Waals surface area contributed by atoms with Gasteiger partial charge in [-0.1, -0.05) is 0 Å². The molecule has 0 saturated heterocycles. The summed E-state index contributed by atoms with van der Waals surface area (Å²) in [4.78, 5) is 0. The Labute approximate surface area is 80.1 Å². The molecule has 0 bridgehead atoms. The summed E-state index contributed by atoms with van der Waals surface area (Å²) >= 11 is 0. The predicted molar refractivity (Wildman–Crippen MR) is 47.0 cm³/mol. The Morgan fingerprint density at radius 2 is 1.50 bits per heavy atom. The third kappa shape index (κ3) is 3.94. The van der Waals surface area contributed by atoms with Crippen molar-refractivity contribution in [2.75, 3.05) is 0 Å². The first kappa shape index (κ1) is 12.5. The standard InChI is InChI=1S/C6H6O6S.H3N/c7-4-1-5(8)3-6(2-4)12-13(9,10)11;/h1-3,7-8H,(H,9,10,11);1H3. The van der Waals surface area contributed by atoms with Crippen LogP contribution in [0, 0.1) is 0 Å². The van der Waals surface area contributed by atoms with Crippen molar-refractivity contribution in [1.82, 2.24) is 6.15 Å². The Morgan fingerprint density at radius 3 is 1.86 bits per heavy atom. The zero-order valence-corrected chi connectivity index (χ0v) is 7.73. The van der Waals surface area contributed by atoms with E-state index in [1.807, 2.05) is 0 Å².